The number of rotatable bonds is 4. The average Bonchev–Trinajstić information content (AvgIpc) is 2.76. The zero-order valence-corrected chi connectivity index (χ0v) is 18.3. The highest BCUT2D eigenvalue weighted by molar-refractivity contribution is 5.48. The minimum Gasteiger partial charge on any atom is -0.403 e. The van der Waals surface area contributed by atoms with Gasteiger partial charge >= 0.3 is 6.36 Å². The van der Waals surface area contributed by atoms with E-state index in [1.807, 2.05) is 6.07 Å². The fraction of sp³-hybridized carbons (Fsp3) is 0.481. The van der Waals surface area contributed by atoms with Crippen LogP contribution in [0.5, 0.6) is 5.75 Å². The largest absolute Gasteiger partial charge is 0.573 e. The van der Waals surface area contributed by atoms with E-state index in [1.165, 1.54) is 62.1 Å². The molecule has 2 aromatic carbocycles. The molecule has 1 fully saturated rings. The van der Waals surface area contributed by atoms with Crippen molar-refractivity contribution in [1.82, 2.24) is 0 Å². The van der Waals surface area contributed by atoms with Crippen molar-refractivity contribution in [1.29, 1.82) is 0 Å². The van der Waals surface area contributed by atoms with Gasteiger partial charge in [0.25, 0.3) is 0 Å². The van der Waals surface area contributed by atoms with Crippen molar-refractivity contribution in [2.24, 2.45) is 11.8 Å². The van der Waals surface area contributed by atoms with Gasteiger partial charge in [-0.25, -0.2) is 4.39 Å². The van der Waals surface area contributed by atoms with Gasteiger partial charge in [-0.15, -0.1) is 13.2 Å². The van der Waals surface area contributed by atoms with E-state index in [2.05, 4.69) is 35.6 Å². The van der Waals surface area contributed by atoms with E-state index in [0.717, 1.165) is 36.0 Å². The predicted octanol–water partition coefficient (Wildman–Crippen LogP) is 7.76. The van der Waals surface area contributed by atoms with Crippen molar-refractivity contribution in [3.05, 3.63) is 64.5 Å². The Bertz CT molecular complexity index is 1010. The Labute approximate surface area is 187 Å². The van der Waals surface area contributed by atoms with Crippen LogP contribution in [0.25, 0.3) is 0 Å². The summed E-state index contributed by atoms with van der Waals surface area (Å²) < 4.78 is 54.4. The molecule has 4 rings (SSSR count). The van der Waals surface area contributed by atoms with Crippen molar-refractivity contribution >= 4 is 0 Å². The topological polar surface area (TPSA) is 9.23 Å². The van der Waals surface area contributed by atoms with Crippen molar-refractivity contribution in [3.8, 4) is 17.6 Å². The summed E-state index contributed by atoms with van der Waals surface area (Å²) in [4.78, 5) is 0. The van der Waals surface area contributed by atoms with E-state index in [-0.39, 0.29) is 0 Å². The van der Waals surface area contributed by atoms with Crippen LogP contribution in [0.2, 0.25) is 0 Å². The molecule has 2 aromatic rings. The van der Waals surface area contributed by atoms with Crippen LogP contribution in [-0.4, -0.2) is 6.36 Å². The van der Waals surface area contributed by atoms with E-state index in [1.54, 1.807) is 0 Å². The highest BCUT2D eigenvalue weighted by atomic mass is 19.4. The van der Waals surface area contributed by atoms with Gasteiger partial charge in [-0.2, -0.15) is 0 Å². The summed E-state index contributed by atoms with van der Waals surface area (Å²) in [6, 6.07) is 9.58. The number of fused-ring (bicyclic) bond motifs is 3. The fourth-order valence-corrected chi connectivity index (χ4v) is 5.38. The van der Waals surface area contributed by atoms with Gasteiger partial charge in [-0.3, -0.25) is 0 Å². The maximum atomic E-state index is 13.9. The second-order valence-electron chi connectivity index (χ2n) is 9.08. The number of unbranched alkanes of at least 4 members (excludes halogenated alkanes) is 1. The zero-order chi connectivity index (χ0) is 22.7. The molecule has 2 aliphatic rings. The molecule has 1 nitrogen and oxygen atoms in total. The van der Waals surface area contributed by atoms with Gasteiger partial charge in [0.1, 0.15) is 0 Å². The molecule has 3 unspecified atom stereocenters. The molecule has 32 heavy (non-hydrogen) atoms. The lowest BCUT2D eigenvalue weighted by Gasteiger charge is -2.40. The monoisotopic (exact) mass is 444 g/mol. The minimum absolute atomic E-state index is 0.306. The molecule has 0 saturated heterocycles. The molecule has 0 spiro atoms. The van der Waals surface area contributed by atoms with Crippen molar-refractivity contribution in [2.45, 2.75) is 70.6 Å². The number of hydrogen-bond donors (Lipinski definition) is 0. The second kappa shape index (κ2) is 9.57. The van der Waals surface area contributed by atoms with Crippen LogP contribution >= 0.6 is 0 Å². The smallest absolute Gasteiger partial charge is 0.403 e. The molecule has 1 saturated carbocycles. The van der Waals surface area contributed by atoms with E-state index in [0.29, 0.717) is 11.5 Å². The van der Waals surface area contributed by atoms with Gasteiger partial charge in [0.15, 0.2) is 11.6 Å². The lowest BCUT2D eigenvalue weighted by molar-refractivity contribution is -0.275. The quantitative estimate of drug-likeness (QED) is 0.346. The maximum absolute atomic E-state index is 13.9. The van der Waals surface area contributed by atoms with E-state index in [4.69, 9.17) is 0 Å². The van der Waals surface area contributed by atoms with E-state index < -0.39 is 17.9 Å². The molecule has 0 N–H and O–H groups in total. The van der Waals surface area contributed by atoms with Crippen molar-refractivity contribution in [3.63, 3.8) is 0 Å². The Morgan fingerprint density at radius 3 is 2.47 bits per heavy atom. The average molecular weight is 445 g/mol. The molecular weight excluding hydrogens is 416 g/mol. The molecule has 170 valence electrons. The first-order valence-corrected chi connectivity index (χ1v) is 11.5. The number of halogens is 4. The third-order valence-electron chi connectivity index (χ3n) is 6.89. The Kier molecular flexibility index (Phi) is 6.79. The van der Waals surface area contributed by atoms with Crippen molar-refractivity contribution < 1.29 is 22.3 Å². The molecule has 0 radical (unpaired) electrons. The second-order valence-corrected chi connectivity index (χ2v) is 9.08. The Hall–Kier alpha value is -2.48. The van der Waals surface area contributed by atoms with Gasteiger partial charge < -0.3 is 4.74 Å². The Morgan fingerprint density at radius 1 is 1.00 bits per heavy atom. The van der Waals surface area contributed by atoms with Crippen LogP contribution in [0.3, 0.4) is 0 Å². The van der Waals surface area contributed by atoms with Gasteiger partial charge in [0.05, 0.1) is 0 Å². The first kappa shape index (κ1) is 22.7. The van der Waals surface area contributed by atoms with Crippen LogP contribution in [-0.2, 0) is 6.42 Å². The molecule has 5 heteroatoms. The summed E-state index contributed by atoms with van der Waals surface area (Å²) in [7, 11) is 0. The Morgan fingerprint density at radius 2 is 1.75 bits per heavy atom. The molecule has 0 bridgehead atoms. The number of alkyl halides is 3. The minimum atomic E-state index is -4.93. The molecule has 0 aliphatic heterocycles. The molecule has 3 atom stereocenters. The standard InChI is InChI=1S/C27H28F4O/c1-2-3-4-18-7-12-23-21(15-18)10-11-22-16-19(8-13-24(22)23)5-6-20-9-14-26(25(28)17-20)32-27(29,30)31/h8-9,13-14,16-18,21,23H,2-4,7,10-12,15H2,1H3. The van der Waals surface area contributed by atoms with Crippen LogP contribution in [0.4, 0.5) is 17.6 Å². The molecule has 0 aromatic heterocycles. The highest BCUT2D eigenvalue weighted by Crippen LogP contribution is 2.48. The number of aryl methyl sites for hydroxylation is 1. The first-order chi connectivity index (χ1) is 15.3. The molecule has 0 amide bonds. The van der Waals surface area contributed by atoms with E-state index >= 15 is 0 Å². The maximum Gasteiger partial charge on any atom is 0.573 e. The zero-order valence-electron chi connectivity index (χ0n) is 18.3. The van der Waals surface area contributed by atoms with E-state index in [9.17, 15) is 17.6 Å². The number of ether oxygens (including phenoxy) is 1. The third kappa shape index (κ3) is 5.46. The summed E-state index contributed by atoms with van der Waals surface area (Å²) in [6.07, 6.45) is 5.28. The van der Waals surface area contributed by atoms with Gasteiger partial charge in [0.2, 0.25) is 0 Å². The van der Waals surface area contributed by atoms with Crippen LogP contribution < -0.4 is 4.74 Å². The summed E-state index contributed by atoms with van der Waals surface area (Å²) in [5, 5.41) is 0. The van der Waals surface area contributed by atoms with Crippen LogP contribution in [0.1, 0.15) is 80.0 Å². The summed E-state index contributed by atoms with van der Waals surface area (Å²) in [6.45, 7) is 2.26. The van der Waals surface area contributed by atoms with Gasteiger partial charge in [0, 0.05) is 11.1 Å². The lowest BCUT2D eigenvalue weighted by Crippen LogP contribution is -2.28. The van der Waals surface area contributed by atoms with Crippen molar-refractivity contribution in [2.75, 3.05) is 0 Å². The van der Waals surface area contributed by atoms with Gasteiger partial charge in [-0.1, -0.05) is 44.1 Å². The normalized spacial score (nSPS) is 22.3. The van der Waals surface area contributed by atoms with Gasteiger partial charge in [-0.05, 0) is 91.3 Å². The third-order valence-corrected chi connectivity index (χ3v) is 6.89. The SMILES string of the molecule is CCCCC1CCC2c3ccc(C#Cc4ccc(OC(F)(F)F)c(F)c4)cc3CCC2C1. The highest BCUT2D eigenvalue weighted by Gasteiger charge is 2.35. The molecule has 2 aliphatic carbocycles. The molecular formula is C27H28F4O. The summed E-state index contributed by atoms with van der Waals surface area (Å²) >= 11 is 0. The first-order valence-electron chi connectivity index (χ1n) is 11.5. The fourth-order valence-electron chi connectivity index (χ4n) is 5.38. The lowest BCUT2D eigenvalue weighted by atomic mass is 9.64. The predicted molar refractivity (Wildman–Crippen MR) is 117 cm³/mol. The number of benzene rings is 2. The number of hydrogen-bond acceptors (Lipinski definition) is 1. The summed E-state index contributed by atoms with van der Waals surface area (Å²) in [5.74, 6) is 6.27. The van der Waals surface area contributed by atoms with Crippen LogP contribution in [0, 0.1) is 29.5 Å². The molecule has 0 heterocycles. The Balaban J connectivity index is 1.45. The van der Waals surface area contributed by atoms with Crippen LogP contribution in [0.15, 0.2) is 36.4 Å². The summed E-state index contributed by atoms with van der Waals surface area (Å²) in [5.41, 5.74) is 3.96.